The highest BCUT2D eigenvalue weighted by atomic mass is 35.5. The number of halogens is 1. The van der Waals surface area contributed by atoms with Crippen LogP contribution >= 0.6 is 0 Å². The van der Waals surface area contributed by atoms with Crippen LogP contribution in [0.5, 0.6) is 5.75 Å². The molecule has 1 aromatic carbocycles. The monoisotopic (exact) mass is 328 g/mol. The number of ether oxygens (including phenoxy) is 2. The van der Waals surface area contributed by atoms with Crippen molar-refractivity contribution in [2.75, 3.05) is 39.5 Å². The first kappa shape index (κ1) is 19.2. The van der Waals surface area contributed by atoms with Crippen molar-refractivity contribution in [3.8, 4) is 5.75 Å². The highest BCUT2D eigenvalue weighted by molar-refractivity contribution is 5.39. The summed E-state index contributed by atoms with van der Waals surface area (Å²) in [6.07, 6.45) is -0.469. The summed E-state index contributed by atoms with van der Waals surface area (Å²) < 4.78 is 11.2. The number of nitrogens with zero attached hydrogens (tertiary/aromatic N) is 1. The lowest BCUT2D eigenvalue weighted by Gasteiger charge is -2.28. The second-order valence-corrected chi connectivity index (χ2v) is 6.07. The Bertz CT molecular complexity index is 448. The number of rotatable bonds is 6. The third kappa shape index (κ3) is 5.76. The van der Waals surface area contributed by atoms with Crippen molar-refractivity contribution < 1.29 is 27.0 Å². The van der Waals surface area contributed by atoms with E-state index in [1.165, 1.54) is 11.1 Å². The van der Waals surface area contributed by atoms with E-state index in [9.17, 15) is 5.11 Å². The summed E-state index contributed by atoms with van der Waals surface area (Å²) in [7, 11) is 0. The molecule has 0 amide bonds. The van der Waals surface area contributed by atoms with E-state index in [0.29, 0.717) is 19.1 Å². The molecule has 0 saturated carbocycles. The van der Waals surface area contributed by atoms with Gasteiger partial charge in [0.15, 0.2) is 0 Å². The van der Waals surface area contributed by atoms with Crippen LogP contribution in [0.2, 0.25) is 0 Å². The molecule has 1 unspecified atom stereocenters. The van der Waals surface area contributed by atoms with E-state index in [4.69, 9.17) is 9.47 Å². The zero-order valence-electron chi connectivity index (χ0n) is 13.7. The number of hydrogen-bond donors (Lipinski definition) is 1. The highest BCUT2D eigenvalue weighted by Gasteiger charge is 2.16. The van der Waals surface area contributed by atoms with E-state index in [1.54, 1.807) is 0 Å². The summed E-state index contributed by atoms with van der Waals surface area (Å²) >= 11 is 0. The zero-order chi connectivity index (χ0) is 15.2. The Kier molecular flexibility index (Phi) is 8.18. The van der Waals surface area contributed by atoms with Gasteiger partial charge in [-0.2, -0.15) is 0 Å². The van der Waals surface area contributed by atoms with Crippen molar-refractivity contribution >= 4 is 0 Å². The second-order valence-electron chi connectivity index (χ2n) is 6.07. The maximum Gasteiger partial charge on any atom is 0.123 e. The van der Waals surface area contributed by atoms with Gasteiger partial charge in [0.2, 0.25) is 0 Å². The average Bonchev–Trinajstić information content (AvgIpc) is 2.46. The van der Waals surface area contributed by atoms with E-state index in [2.05, 4.69) is 43.9 Å². The van der Waals surface area contributed by atoms with E-state index in [-0.39, 0.29) is 12.4 Å². The molecule has 1 aliphatic rings. The van der Waals surface area contributed by atoms with Crippen LogP contribution in [-0.2, 0) is 4.74 Å². The quantitative estimate of drug-likeness (QED) is 0.742. The molecule has 1 aliphatic heterocycles. The van der Waals surface area contributed by atoms with E-state index in [0.717, 1.165) is 32.1 Å². The van der Waals surface area contributed by atoms with Crippen molar-refractivity contribution in [2.24, 2.45) is 0 Å². The highest BCUT2D eigenvalue weighted by Crippen LogP contribution is 2.27. The number of aliphatic hydroxyl groups excluding tert-OH is 1. The summed E-state index contributed by atoms with van der Waals surface area (Å²) in [6, 6.07) is 6.27. The first-order valence-corrected chi connectivity index (χ1v) is 7.77. The molecule has 1 aromatic rings. The lowest BCUT2D eigenvalue weighted by molar-refractivity contribution is -0.0000344. The van der Waals surface area contributed by atoms with E-state index in [1.807, 2.05) is 0 Å². The minimum atomic E-state index is -0.469. The Morgan fingerprint density at radius 3 is 2.59 bits per heavy atom. The molecule has 1 N–H and O–H groups in total. The first-order valence-electron chi connectivity index (χ1n) is 7.77. The van der Waals surface area contributed by atoms with Gasteiger partial charge in [-0.25, -0.2) is 0 Å². The van der Waals surface area contributed by atoms with Crippen molar-refractivity contribution in [1.82, 2.24) is 4.90 Å². The van der Waals surface area contributed by atoms with Crippen LogP contribution in [0.25, 0.3) is 0 Å². The Morgan fingerprint density at radius 1 is 1.27 bits per heavy atom. The Hall–Kier alpha value is -0.810. The van der Waals surface area contributed by atoms with Crippen LogP contribution < -0.4 is 17.1 Å². The molecule has 0 bridgehead atoms. The predicted molar refractivity (Wildman–Crippen MR) is 84.0 cm³/mol. The third-order valence-electron chi connectivity index (χ3n) is 3.79. The molecule has 4 nitrogen and oxygen atoms in total. The van der Waals surface area contributed by atoms with Gasteiger partial charge in [0.1, 0.15) is 18.5 Å². The van der Waals surface area contributed by atoms with Gasteiger partial charge in [0, 0.05) is 19.6 Å². The molecule has 5 heteroatoms. The fourth-order valence-corrected chi connectivity index (χ4v) is 2.56. The minimum Gasteiger partial charge on any atom is -1.00 e. The fraction of sp³-hybridized carbons (Fsp3) is 0.647. The predicted octanol–water partition coefficient (Wildman–Crippen LogP) is -0.806. The molecule has 22 heavy (non-hydrogen) atoms. The Labute approximate surface area is 139 Å². The molecule has 0 spiro atoms. The summed E-state index contributed by atoms with van der Waals surface area (Å²) in [6.45, 7) is 10.6. The number of benzene rings is 1. The molecule has 0 aromatic heterocycles. The molecule has 2 rings (SSSR count). The molecule has 1 fully saturated rings. The number of aliphatic hydroxyl groups is 1. The van der Waals surface area contributed by atoms with Gasteiger partial charge in [-0.1, -0.05) is 26.0 Å². The molecular weight excluding hydrogens is 302 g/mol. The largest absolute Gasteiger partial charge is 1.00 e. The standard InChI is InChI=1S/C17H27NO3.ClH/c1-13(2)16-5-4-14(3)10-17(16)21-12-15(19)11-18-6-8-20-9-7-18;/h4-5,10,13,15,19H,6-9,11-12H2,1-3H3;1H/p-1. The van der Waals surface area contributed by atoms with E-state index >= 15 is 0 Å². The number of aryl methyl sites for hydroxylation is 1. The smallest absolute Gasteiger partial charge is 0.123 e. The lowest BCUT2D eigenvalue weighted by Crippen LogP contribution is -3.00. The number of β-amino-alcohol motifs (C(OH)–C–C–N with tert-alkyl or cyclic N) is 1. The van der Waals surface area contributed by atoms with Crippen molar-refractivity contribution in [1.29, 1.82) is 0 Å². The molecule has 1 heterocycles. The van der Waals surface area contributed by atoms with Crippen LogP contribution in [0, 0.1) is 6.92 Å². The summed E-state index contributed by atoms with van der Waals surface area (Å²) in [5, 5.41) is 10.2. The molecule has 1 saturated heterocycles. The minimum absolute atomic E-state index is 0. The van der Waals surface area contributed by atoms with E-state index < -0.39 is 6.10 Å². The molecule has 0 aliphatic carbocycles. The maximum absolute atomic E-state index is 10.2. The summed E-state index contributed by atoms with van der Waals surface area (Å²) in [4.78, 5) is 2.22. The number of morpholine rings is 1. The van der Waals surface area contributed by atoms with Crippen LogP contribution in [0.4, 0.5) is 0 Å². The number of hydrogen-bond acceptors (Lipinski definition) is 4. The molecular formula is C17H27ClNO3-. The normalized spacial score (nSPS) is 17.1. The Balaban J connectivity index is 0.00000242. The van der Waals surface area contributed by atoms with Crippen LogP contribution in [-0.4, -0.2) is 55.6 Å². The zero-order valence-corrected chi connectivity index (χ0v) is 14.5. The van der Waals surface area contributed by atoms with Gasteiger partial charge in [0.25, 0.3) is 0 Å². The second kappa shape index (κ2) is 9.36. The van der Waals surface area contributed by atoms with Crippen molar-refractivity contribution in [3.05, 3.63) is 29.3 Å². The fourth-order valence-electron chi connectivity index (χ4n) is 2.56. The average molecular weight is 329 g/mol. The third-order valence-corrected chi connectivity index (χ3v) is 3.79. The lowest BCUT2D eigenvalue weighted by atomic mass is 10.0. The Morgan fingerprint density at radius 2 is 1.95 bits per heavy atom. The molecule has 0 radical (unpaired) electrons. The molecule has 126 valence electrons. The van der Waals surface area contributed by atoms with Crippen molar-refractivity contribution in [3.63, 3.8) is 0 Å². The van der Waals surface area contributed by atoms with Gasteiger partial charge < -0.3 is 27.0 Å². The van der Waals surface area contributed by atoms with Crippen LogP contribution in [0.3, 0.4) is 0 Å². The van der Waals surface area contributed by atoms with Crippen molar-refractivity contribution in [2.45, 2.75) is 32.8 Å². The van der Waals surface area contributed by atoms with Gasteiger partial charge >= 0.3 is 0 Å². The van der Waals surface area contributed by atoms with Gasteiger partial charge in [-0.05, 0) is 30.0 Å². The SMILES string of the molecule is Cc1ccc(C(C)C)c(OCC(O)CN2CCOCC2)c1.[Cl-]. The molecule has 1 atom stereocenters. The summed E-state index contributed by atoms with van der Waals surface area (Å²) in [5.74, 6) is 1.31. The first-order chi connectivity index (χ1) is 10.1. The van der Waals surface area contributed by atoms with Crippen LogP contribution in [0.1, 0.15) is 30.9 Å². The maximum atomic E-state index is 10.2. The van der Waals surface area contributed by atoms with Crippen LogP contribution in [0.15, 0.2) is 18.2 Å². The van der Waals surface area contributed by atoms with Gasteiger partial charge in [-0.15, -0.1) is 0 Å². The van der Waals surface area contributed by atoms with Gasteiger partial charge in [0.05, 0.1) is 13.2 Å². The van der Waals surface area contributed by atoms with Gasteiger partial charge in [-0.3, -0.25) is 4.90 Å². The topological polar surface area (TPSA) is 41.9 Å². The summed E-state index contributed by atoms with van der Waals surface area (Å²) in [5.41, 5.74) is 2.37.